The smallest absolute Gasteiger partial charge is 0.237 e. The second-order valence-corrected chi connectivity index (χ2v) is 12.0. The van der Waals surface area contributed by atoms with Crippen molar-refractivity contribution in [3.63, 3.8) is 0 Å². The van der Waals surface area contributed by atoms with Gasteiger partial charge in [-0.05, 0) is 32.1 Å². The first kappa shape index (κ1) is 26.1. The molecule has 0 unspecified atom stereocenters. The Morgan fingerprint density at radius 1 is 1.38 bits per heavy atom. The highest BCUT2D eigenvalue weighted by molar-refractivity contribution is 8.01. The molecule has 3 heterocycles. The van der Waals surface area contributed by atoms with Crippen LogP contribution in [0.15, 0.2) is 9.85 Å². The lowest BCUT2D eigenvalue weighted by Gasteiger charge is -2.44. The largest absolute Gasteiger partial charge is 0.388 e. The molecular weight excluding hydrogens is 472 g/mol. The Labute approximate surface area is 201 Å². The molecule has 2 aliphatic rings. The van der Waals surface area contributed by atoms with E-state index in [0.717, 1.165) is 30.1 Å². The predicted molar refractivity (Wildman–Crippen MR) is 127 cm³/mol. The first-order valence-corrected chi connectivity index (χ1v) is 14.0. The molecule has 9 nitrogen and oxygen atoms in total. The van der Waals surface area contributed by atoms with Gasteiger partial charge in [0.15, 0.2) is 4.34 Å². The topological polar surface area (TPSA) is 128 Å². The van der Waals surface area contributed by atoms with Gasteiger partial charge in [-0.25, -0.2) is 0 Å². The van der Waals surface area contributed by atoms with Crippen molar-refractivity contribution in [1.29, 1.82) is 0 Å². The van der Waals surface area contributed by atoms with Gasteiger partial charge < -0.3 is 25.4 Å². The summed E-state index contributed by atoms with van der Waals surface area (Å²) in [5.74, 6) is 0.375. The maximum atomic E-state index is 13.3. The van der Waals surface area contributed by atoms with Crippen molar-refractivity contribution >= 4 is 40.8 Å². The maximum Gasteiger partial charge on any atom is 0.237 e. The van der Waals surface area contributed by atoms with Crippen molar-refractivity contribution in [2.75, 3.05) is 19.8 Å². The van der Waals surface area contributed by atoms with Gasteiger partial charge in [0.2, 0.25) is 5.91 Å². The Morgan fingerprint density at radius 2 is 2.12 bits per heavy atom. The lowest BCUT2D eigenvalue weighted by atomic mass is 9.92. The van der Waals surface area contributed by atoms with E-state index < -0.39 is 35.9 Å². The van der Waals surface area contributed by atoms with Crippen molar-refractivity contribution in [3.05, 3.63) is 5.51 Å². The minimum absolute atomic E-state index is 0.113. The molecule has 2 saturated heterocycles. The van der Waals surface area contributed by atoms with Crippen molar-refractivity contribution in [2.24, 2.45) is 5.92 Å². The van der Waals surface area contributed by atoms with Crippen LogP contribution in [0.2, 0.25) is 0 Å². The van der Waals surface area contributed by atoms with Gasteiger partial charge >= 0.3 is 0 Å². The maximum absolute atomic E-state index is 13.3. The van der Waals surface area contributed by atoms with E-state index in [-0.39, 0.29) is 17.2 Å². The number of nitrogens with one attached hydrogen (secondary N) is 1. The molecule has 0 saturated carbocycles. The number of hydrogen-bond acceptors (Lipinski definition) is 11. The summed E-state index contributed by atoms with van der Waals surface area (Å²) in [6.07, 6.45) is -0.0720. The molecule has 2 fully saturated rings. The second kappa shape index (κ2) is 11.8. The van der Waals surface area contributed by atoms with Crippen molar-refractivity contribution in [2.45, 2.75) is 84.6 Å². The third-order valence-corrected chi connectivity index (χ3v) is 9.13. The number of hydrogen-bond donors (Lipinski definition) is 4. The van der Waals surface area contributed by atoms with Gasteiger partial charge in [0, 0.05) is 11.8 Å². The molecule has 0 aliphatic carbocycles. The number of likely N-dealkylation sites (N-methyl/N-ethyl adjacent to an activating group) is 1. The number of rotatable bonds is 9. The Morgan fingerprint density at radius 3 is 2.75 bits per heavy atom. The monoisotopic (exact) mass is 506 g/mol. The van der Waals surface area contributed by atoms with Crippen LogP contribution in [0, 0.1) is 5.92 Å². The van der Waals surface area contributed by atoms with Crippen LogP contribution in [0.1, 0.15) is 33.1 Å². The SMILES string of the molecule is CCC[C@@H]1C[C@@H](C(=O)N[C@@H]([C@H]2O[C@H](SC)[C@H](O)[C@@H](O)[C@H]2O)[C@H](C)Sc2nncs2)N(C)C1. The Balaban J connectivity index is 1.80. The number of thioether (sulfide) groups is 2. The zero-order valence-corrected chi connectivity index (χ0v) is 21.3. The van der Waals surface area contributed by atoms with Crippen LogP contribution in [0.25, 0.3) is 0 Å². The van der Waals surface area contributed by atoms with Gasteiger partial charge in [0.1, 0.15) is 35.4 Å². The molecule has 182 valence electrons. The van der Waals surface area contributed by atoms with E-state index in [9.17, 15) is 20.1 Å². The summed E-state index contributed by atoms with van der Waals surface area (Å²) in [7, 11) is 1.96. The number of carbonyl (C=O) groups excluding carboxylic acids is 1. The molecule has 0 aromatic carbocycles. The molecular formula is C20H34N4O5S3. The summed E-state index contributed by atoms with van der Waals surface area (Å²) in [6, 6.07) is -0.859. The summed E-state index contributed by atoms with van der Waals surface area (Å²) < 4.78 is 6.75. The second-order valence-electron chi connectivity index (χ2n) is 8.58. The van der Waals surface area contributed by atoms with E-state index in [2.05, 4.69) is 27.3 Å². The van der Waals surface area contributed by atoms with E-state index in [4.69, 9.17) is 4.74 Å². The fourth-order valence-electron chi connectivity index (χ4n) is 4.57. The van der Waals surface area contributed by atoms with E-state index in [1.165, 1.54) is 34.9 Å². The first-order valence-electron chi connectivity index (χ1n) is 10.9. The van der Waals surface area contributed by atoms with Crippen LogP contribution in [-0.2, 0) is 9.53 Å². The summed E-state index contributed by atoms with van der Waals surface area (Å²) in [5.41, 5.74) is 0.930. The summed E-state index contributed by atoms with van der Waals surface area (Å²) in [5, 5.41) is 42.3. The van der Waals surface area contributed by atoms with Gasteiger partial charge in [0.05, 0.1) is 12.1 Å². The molecule has 2 aliphatic heterocycles. The summed E-state index contributed by atoms with van der Waals surface area (Å²) in [6.45, 7) is 4.96. The third kappa shape index (κ3) is 5.96. The fraction of sp³-hybridized carbons (Fsp3) is 0.850. The minimum atomic E-state index is -1.37. The molecule has 1 aromatic heterocycles. The molecule has 0 bridgehead atoms. The molecule has 3 rings (SSSR count). The number of carbonyl (C=O) groups is 1. The average molecular weight is 507 g/mol. The van der Waals surface area contributed by atoms with Gasteiger partial charge in [0.25, 0.3) is 0 Å². The number of nitrogens with zero attached hydrogens (tertiary/aromatic N) is 3. The molecule has 32 heavy (non-hydrogen) atoms. The van der Waals surface area contributed by atoms with E-state index >= 15 is 0 Å². The number of aliphatic hydroxyl groups excluding tert-OH is 3. The van der Waals surface area contributed by atoms with Crippen molar-refractivity contribution < 1.29 is 24.9 Å². The summed E-state index contributed by atoms with van der Waals surface area (Å²) >= 11 is 4.09. The van der Waals surface area contributed by atoms with Crippen LogP contribution in [0.5, 0.6) is 0 Å². The Hall–Kier alpha value is -0.470. The summed E-state index contributed by atoms with van der Waals surface area (Å²) in [4.78, 5) is 15.4. The molecule has 0 radical (unpaired) electrons. The molecule has 12 heteroatoms. The fourth-order valence-corrected chi connectivity index (χ4v) is 7.11. The van der Waals surface area contributed by atoms with E-state index in [1.807, 2.05) is 14.0 Å². The molecule has 1 aromatic rings. The quantitative estimate of drug-likeness (QED) is 0.357. The normalized spacial score (nSPS) is 35.5. The first-order chi connectivity index (χ1) is 15.3. The number of ether oxygens (including phenoxy) is 1. The van der Waals surface area contributed by atoms with Crippen LogP contribution in [0.4, 0.5) is 0 Å². The number of likely N-dealkylation sites (tertiary alicyclic amines) is 1. The Bertz CT molecular complexity index is 728. The zero-order chi connectivity index (χ0) is 23.4. The zero-order valence-electron chi connectivity index (χ0n) is 18.8. The minimum Gasteiger partial charge on any atom is -0.388 e. The van der Waals surface area contributed by atoms with E-state index in [1.54, 1.807) is 11.8 Å². The van der Waals surface area contributed by atoms with Crippen LogP contribution in [-0.4, -0.2) is 103 Å². The van der Waals surface area contributed by atoms with Crippen LogP contribution in [0.3, 0.4) is 0 Å². The molecule has 9 atom stereocenters. The van der Waals surface area contributed by atoms with Crippen molar-refractivity contribution in [1.82, 2.24) is 20.4 Å². The van der Waals surface area contributed by atoms with Crippen LogP contribution < -0.4 is 5.32 Å². The number of aromatic nitrogens is 2. The molecule has 1 amide bonds. The number of aliphatic hydroxyl groups is 3. The number of amides is 1. The predicted octanol–water partition coefficient (Wildman–Crippen LogP) is 0.795. The standard InChI is InChI=1S/C20H34N4O5S3/c1-5-6-11-7-12(24(3)8-11)18(28)22-13(10(2)32-20-23-21-9-31-20)17-15(26)14(25)16(27)19(29-17)30-4/h9-17,19,25-27H,5-8H2,1-4H3,(H,22,28)/t10-,11+,12-,13+,14-,15+,16+,17+,19+/m0/s1. The lowest BCUT2D eigenvalue weighted by Crippen LogP contribution is -2.65. The lowest BCUT2D eigenvalue weighted by molar-refractivity contribution is -0.205. The van der Waals surface area contributed by atoms with Crippen molar-refractivity contribution in [3.8, 4) is 0 Å². The van der Waals surface area contributed by atoms with Gasteiger partial charge in [-0.2, -0.15) is 0 Å². The van der Waals surface area contributed by atoms with Gasteiger partial charge in [-0.3, -0.25) is 9.69 Å². The van der Waals surface area contributed by atoms with E-state index in [0.29, 0.717) is 5.92 Å². The highest BCUT2D eigenvalue weighted by Crippen LogP contribution is 2.34. The molecule has 4 N–H and O–H groups in total. The van der Waals surface area contributed by atoms with Gasteiger partial charge in [-0.1, -0.05) is 43.4 Å². The Kier molecular flexibility index (Phi) is 9.63. The highest BCUT2D eigenvalue weighted by atomic mass is 32.2. The van der Waals surface area contributed by atoms with Gasteiger partial charge in [-0.15, -0.1) is 22.0 Å². The average Bonchev–Trinajstić information content (AvgIpc) is 3.40. The third-order valence-electron chi connectivity index (χ3n) is 6.27. The molecule has 0 spiro atoms. The highest BCUT2D eigenvalue weighted by Gasteiger charge is 2.49. The van der Waals surface area contributed by atoms with Crippen LogP contribution >= 0.6 is 34.9 Å².